The Morgan fingerprint density at radius 2 is 1.86 bits per heavy atom. The fraction of sp³-hybridized carbons (Fsp3) is 0.565. The Hall–Kier alpha value is -2.48. The van der Waals surface area contributed by atoms with Crippen LogP contribution in [0.2, 0.25) is 0 Å². The lowest BCUT2D eigenvalue weighted by atomic mass is 9.87. The largest absolute Gasteiger partial charge is 0.490 e. The molecule has 0 aromatic heterocycles. The molecule has 1 fully saturated rings. The lowest BCUT2D eigenvalue weighted by Gasteiger charge is -2.27. The number of nitriles is 1. The van der Waals surface area contributed by atoms with Crippen molar-refractivity contribution in [2.45, 2.75) is 70.4 Å². The minimum Gasteiger partial charge on any atom is -0.490 e. The molecule has 0 spiro atoms. The van der Waals surface area contributed by atoms with Crippen LogP contribution in [0.4, 0.5) is 0 Å². The normalized spacial score (nSPS) is 22.9. The predicted molar refractivity (Wildman–Crippen MR) is 108 cm³/mol. The molecule has 1 heterocycles. The molecule has 5 heteroatoms. The lowest BCUT2D eigenvalue weighted by molar-refractivity contribution is -0.148. The monoisotopic (exact) mass is 382 g/mol. The van der Waals surface area contributed by atoms with Crippen LogP contribution in [0.3, 0.4) is 0 Å². The van der Waals surface area contributed by atoms with Crippen molar-refractivity contribution in [1.29, 1.82) is 5.26 Å². The van der Waals surface area contributed by atoms with Crippen molar-refractivity contribution in [3.8, 4) is 11.8 Å². The van der Waals surface area contributed by atoms with E-state index in [1.165, 1.54) is 19.3 Å². The van der Waals surface area contributed by atoms with Crippen LogP contribution in [-0.2, 0) is 9.53 Å². The molecule has 1 aliphatic heterocycles. The van der Waals surface area contributed by atoms with E-state index in [9.17, 15) is 10.1 Å². The van der Waals surface area contributed by atoms with Gasteiger partial charge in [0.15, 0.2) is 0 Å². The standard InChI is InChI=1S/C23H30N2O3/c1-4-20-19(15-24)21(22(25(20)3)23(26)27-5-2)16-11-13-18(14-12-16)28-17-9-7-6-8-10-17/h11-14,17,21-22H,4-10H2,1-3H3. The number of allylic oxidation sites excluding steroid dienone is 1. The summed E-state index contributed by atoms with van der Waals surface area (Å²) in [6.07, 6.45) is 6.98. The predicted octanol–water partition coefficient (Wildman–Crippen LogP) is 4.55. The Kier molecular flexibility index (Phi) is 6.61. The zero-order valence-corrected chi connectivity index (χ0v) is 17.1. The first-order chi connectivity index (χ1) is 13.6. The highest BCUT2D eigenvalue weighted by molar-refractivity contribution is 5.80. The van der Waals surface area contributed by atoms with Crippen LogP contribution < -0.4 is 4.74 Å². The van der Waals surface area contributed by atoms with Crippen LogP contribution in [0.15, 0.2) is 35.5 Å². The first kappa shape index (κ1) is 20.3. The van der Waals surface area contributed by atoms with E-state index in [1.54, 1.807) is 6.92 Å². The van der Waals surface area contributed by atoms with E-state index < -0.39 is 6.04 Å². The second-order valence-corrected chi connectivity index (χ2v) is 7.56. The summed E-state index contributed by atoms with van der Waals surface area (Å²) in [5.41, 5.74) is 2.51. The molecule has 2 aliphatic rings. The van der Waals surface area contributed by atoms with E-state index >= 15 is 0 Å². The molecule has 0 bridgehead atoms. The third kappa shape index (κ3) is 4.01. The third-order valence-electron chi connectivity index (χ3n) is 5.86. The van der Waals surface area contributed by atoms with Gasteiger partial charge in [-0.05, 0) is 56.7 Å². The van der Waals surface area contributed by atoms with Crippen molar-refractivity contribution < 1.29 is 14.3 Å². The van der Waals surface area contributed by atoms with Gasteiger partial charge in [-0.2, -0.15) is 5.26 Å². The van der Waals surface area contributed by atoms with Crippen molar-refractivity contribution in [2.24, 2.45) is 0 Å². The number of esters is 1. The van der Waals surface area contributed by atoms with Gasteiger partial charge in [0.05, 0.1) is 30.3 Å². The molecule has 2 unspecified atom stereocenters. The highest BCUT2D eigenvalue weighted by Gasteiger charge is 2.44. The molecule has 1 aromatic carbocycles. The van der Waals surface area contributed by atoms with E-state index in [4.69, 9.17) is 9.47 Å². The Bertz CT molecular complexity index is 757. The van der Waals surface area contributed by atoms with E-state index in [0.29, 0.717) is 24.7 Å². The molecule has 3 rings (SSSR count). The highest BCUT2D eigenvalue weighted by Crippen LogP contribution is 2.42. The van der Waals surface area contributed by atoms with Gasteiger partial charge in [-0.15, -0.1) is 0 Å². The summed E-state index contributed by atoms with van der Waals surface area (Å²) in [4.78, 5) is 14.6. The summed E-state index contributed by atoms with van der Waals surface area (Å²) in [7, 11) is 1.87. The molecule has 0 saturated heterocycles. The molecule has 1 aromatic rings. The Balaban J connectivity index is 1.86. The minimum atomic E-state index is -0.505. The van der Waals surface area contributed by atoms with Crippen LogP contribution in [0.5, 0.6) is 5.75 Å². The summed E-state index contributed by atoms with van der Waals surface area (Å²) >= 11 is 0. The van der Waals surface area contributed by atoms with E-state index in [0.717, 1.165) is 29.9 Å². The zero-order valence-electron chi connectivity index (χ0n) is 17.1. The molecule has 5 nitrogen and oxygen atoms in total. The van der Waals surface area contributed by atoms with E-state index in [-0.39, 0.29) is 11.9 Å². The van der Waals surface area contributed by atoms with Gasteiger partial charge in [-0.3, -0.25) is 0 Å². The molecular weight excluding hydrogens is 352 g/mol. The van der Waals surface area contributed by atoms with Crippen LogP contribution in [-0.4, -0.2) is 36.7 Å². The number of hydrogen-bond donors (Lipinski definition) is 0. The van der Waals surface area contributed by atoms with E-state index in [2.05, 4.69) is 6.07 Å². The Morgan fingerprint density at radius 1 is 1.18 bits per heavy atom. The summed E-state index contributed by atoms with van der Waals surface area (Å²) in [6.45, 7) is 4.14. The number of rotatable bonds is 6. The molecule has 1 aliphatic carbocycles. The van der Waals surface area contributed by atoms with Crippen LogP contribution in [0.25, 0.3) is 0 Å². The van der Waals surface area contributed by atoms with Crippen molar-refractivity contribution in [3.05, 3.63) is 41.1 Å². The molecule has 0 radical (unpaired) electrons. The van der Waals surface area contributed by atoms with Crippen LogP contribution in [0, 0.1) is 11.3 Å². The number of ether oxygens (including phenoxy) is 2. The first-order valence-corrected chi connectivity index (χ1v) is 10.4. The number of likely N-dealkylation sites (N-methyl/N-ethyl adjacent to an activating group) is 1. The first-order valence-electron chi connectivity index (χ1n) is 10.4. The fourth-order valence-electron chi connectivity index (χ4n) is 4.49. The van der Waals surface area contributed by atoms with Gasteiger partial charge < -0.3 is 14.4 Å². The maximum atomic E-state index is 12.7. The molecule has 150 valence electrons. The minimum absolute atomic E-state index is 0.284. The third-order valence-corrected chi connectivity index (χ3v) is 5.86. The fourth-order valence-corrected chi connectivity index (χ4v) is 4.49. The summed E-state index contributed by atoms with van der Waals surface area (Å²) < 4.78 is 11.4. The number of carbonyl (C=O) groups excluding carboxylic acids is 1. The zero-order chi connectivity index (χ0) is 20.1. The van der Waals surface area contributed by atoms with Crippen LogP contribution >= 0.6 is 0 Å². The molecule has 28 heavy (non-hydrogen) atoms. The topological polar surface area (TPSA) is 62.6 Å². The second kappa shape index (κ2) is 9.14. The Morgan fingerprint density at radius 3 is 2.43 bits per heavy atom. The van der Waals surface area contributed by atoms with Gasteiger partial charge in [-0.1, -0.05) is 25.5 Å². The van der Waals surface area contributed by atoms with Gasteiger partial charge >= 0.3 is 5.97 Å². The van der Waals surface area contributed by atoms with Gasteiger partial charge in [0.2, 0.25) is 0 Å². The van der Waals surface area contributed by atoms with Crippen LogP contribution in [0.1, 0.15) is 63.9 Å². The second-order valence-electron chi connectivity index (χ2n) is 7.56. The number of hydrogen-bond acceptors (Lipinski definition) is 5. The molecule has 1 saturated carbocycles. The summed E-state index contributed by atoms with van der Waals surface area (Å²) in [6, 6.07) is 9.74. The van der Waals surface area contributed by atoms with Crippen molar-refractivity contribution >= 4 is 5.97 Å². The van der Waals surface area contributed by atoms with Gasteiger partial charge in [0, 0.05) is 12.7 Å². The van der Waals surface area contributed by atoms with Gasteiger partial charge in [0.1, 0.15) is 11.8 Å². The molecular formula is C23H30N2O3. The SMILES string of the molecule is CCOC(=O)C1C(c2ccc(OC3CCCCC3)cc2)C(C#N)=C(CC)N1C. The molecule has 2 atom stereocenters. The summed E-state index contributed by atoms with van der Waals surface area (Å²) in [5.74, 6) is 0.259. The van der Waals surface area contributed by atoms with Crippen molar-refractivity contribution in [2.75, 3.05) is 13.7 Å². The molecule has 0 amide bonds. The van der Waals surface area contributed by atoms with Crippen molar-refractivity contribution in [1.82, 2.24) is 4.90 Å². The average molecular weight is 383 g/mol. The van der Waals surface area contributed by atoms with Gasteiger partial charge in [0.25, 0.3) is 0 Å². The number of carbonyl (C=O) groups is 1. The highest BCUT2D eigenvalue weighted by atomic mass is 16.5. The van der Waals surface area contributed by atoms with E-state index in [1.807, 2.05) is 43.1 Å². The smallest absolute Gasteiger partial charge is 0.329 e. The molecule has 0 N–H and O–H groups in total. The lowest BCUT2D eigenvalue weighted by Crippen LogP contribution is -2.39. The van der Waals surface area contributed by atoms with Crippen molar-refractivity contribution in [3.63, 3.8) is 0 Å². The summed E-state index contributed by atoms with van der Waals surface area (Å²) in [5, 5.41) is 9.81. The maximum absolute atomic E-state index is 12.7. The number of benzene rings is 1. The average Bonchev–Trinajstić information content (AvgIpc) is 3.01. The maximum Gasteiger partial charge on any atom is 0.329 e. The Labute approximate surface area is 167 Å². The van der Waals surface area contributed by atoms with Gasteiger partial charge in [-0.25, -0.2) is 4.79 Å². The quantitative estimate of drug-likeness (QED) is 0.676. The number of nitrogens with zero attached hydrogens (tertiary/aromatic N) is 2.